The maximum atomic E-state index is 11.8. The van der Waals surface area contributed by atoms with Crippen LogP contribution in [-0.2, 0) is 25.6 Å². The van der Waals surface area contributed by atoms with Crippen molar-refractivity contribution in [3.8, 4) is 0 Å². The van der Waals surface area contributed by atoms with Gasteiger partial charge in [0.2, 0.25) is 0 Å². The molecule has 2 saturated heterocycles. The molecule has 1 aromatic carbocycles. The zero-order chi connectivity index (χ0) is 17.4. The zero-order valence-corrected chi connectivity index (χ0v) is 14.0. The van der Waals surface area contributed by atoms with E-state index in [0.717, 1.165) is 18.4 Å². The number of carbonyl (C=O) groups is 1. The van der Waals surface area contributed by atoms with Crippen LogP contribution >= 0.6 is 0 Å². The summed E-state index contributed by atoms with van der Waals surface area (Å²) in [5.41, 5.74) is 0.363. The topological polar surface area (TPSA) is 85.2 Å². The van der Waals surface area contributed by atoms with E-state index in [1.54, 1.807) is 0 Å². The lowest BCUT2D eigenvalue weighted by molar-refractivity contribution is -0.144. The van der Waals surface area contributed by atoms with Crippen LogP contribution in [0.25, 0.3) is 0 Å². The molecular weight excluding hydrogens is 324 g/mol. The number of aliphatic hydroxyl groups excluding tert-OH is 2. The predicted octanol–water partition coefficient (Wildman–Crippen LogP) is 1.38. The molecule has 3 fully saturated rings. The smallest absolute Gasteiger partial charge is 0.306 e. The fourth-order valence-electron chi connectivity index (χ4n) is 4.85. The van der Waals surface area contributed by atoms with Crippen LogP contribution in [0.2, 0.25) is 0 Å². The summed E-state index contributed by atoms with van der Waals surface area (Å²) in [6.45, 7) is 0.701. The van der Waals surface area contributed by atoms with Gasteiger partial charge in [0, 0.05) is 11.3 Å². The minimum atomic E-state index is -1.25. The van der Waals surface area contributed by atoms with Crippen molar-refractivity contribution in [2.75, 3.05) is 6.61 Å². The molecule has 25 heavy (non-hydrogen) atoms. The zero-order valence-electron chi connectivity index (χ0n) is 14.0. The Bertz CT molecular complexity index is 620. The van der Waals surface area contributed by atoms with Gasteiger partial charge in [0.05, 0.1) is 25.7 Å². The van der Waals surface area contributed by atoms with Gasteiger partial charge < -0.3 is 24.4 Å². The highest BCUT2D eigenvalue weighted by Gasteiger charge is 2.64. The Morgan fingerprint density at radius 3 is 2.84 bits per heavy atom. The third-order valence-corrected chi connectivity index (χ3v) is 6.01. The Morgan fingerprint density at radius 1 is 1.24 bits per heavy atom. The van der Waals surface area contributed by atoms with Gasteiger partial charge in [-0.2, -0.15) is 0 Å². The van der Waals surface area contributed by atoms with Crippen molar-refractivity contribution in [3.05, 3.63) is 35.9 Å². The van der Waals surface area contributed by atoms with E-state index < -0.39 is 23.9 Å². The second-order valence-corrected chi connectivity index (χ2v) is 7.30. The van der Waals surface area contributed by atoms with Crippen LogP contribution in [0.15, 0.2) is 30.3 Å². The third kappa shape index (κ3) is 2.87. The highest BCUT2D eigenvalue weighted by molar-refractivity contribution is 5.72. The average molecular weight is 348 g/mol. The molecule has 1 saturated carbocycles. The number of carbonyl (C=O) groups excluding carboxylic acids is 1. The molecule has 4 rings (SSSR count). The van der Waals surface area contributed by atoms with Crippen LogP contribution in [0.4, 0.5) is 0 Å². The average Bonchev–Trinajstić information content (AvgIpc) is 3.10. The van der Waals surface area contributed by atoms with Gasteiger partial charge in [0.15, 0.2) is 6.29 Å². The van der Waals surface area contributed by atoms with E-state index in [-0.39, 0.29) is 31.0 Å². The molecular formula is C19H24O6. The number of ether oxygens (including phenoxy) is 3. The number of hydrogen-bond donors (Lipinski definition) is 2. The Morgan fingerprint density at radius 2 is 2.04 bits per heavy atom. The second kappa shape index (κ2) is 6.68. The Kier molecular flexibility index (Phi) is 4.54. The van der Waals surface area contributed by atoms with E-state index in [2.05, 4.69) is 0 Å². The van der Waals surface area contributed by atoms with Crippen molar-refractivity contribution < 1.29 is 29.2 Å². The lowest BCUT2D eigenvalue weighted by atomic mass is 9.59. The standard InChI is InChI=1S/C19H24O6/c20-16-9-13-14(24-16)7-4-8-19(13)15(25-18(22)17(19)21)11-23-10-12-5-2-1-3-6-12/h1-3,5-6,13-15,17-18,21-22H,4,7-11H2/t13-,14-,15-,17+,18?,19-/m1/s1. The van der Waals surface area contributed by atoms with Crippen LogP contribution in [0.3, 0.4) is 0 Å². The maximum absolute atomic E-state index is 11.8. The minimum Gasteiger partial charge on any atom is -0.462 e. The molecule has 2 aliphatic heterocycles. The quantitative estimate of drug-likeness (QED) is 0.800. The first-order chi connectivity index (χ1) is 12.1. The first-order valence-corrected chi connectivity index (χ1v) is 8.94. The molecule has 0 amide bonds. The molecule has 0 radical (unpaired) electrons. The van der Waals surface area contributed by atoms with E-state index in [1.807, 2.05) is 30.3 Å². The van der Waals surface area contributed by atoms with Crippen molar-refractivity contribution in [2.45, 2.75) is 56.9 Å². The summed E-state index contributed by atoms with van der Waals surface area (Å²) in [7, 11) is 0. The summed E-state index contributed by atoms with van der Waals surface area (Å²) in [6, 6.07) is 9.81. The number of benzene rings is 1. The molecule has 6 atom stereocenters. The molecule has 3 aliphatic rings. The monoisotopic (exact) mass is 348 g/mol. The molecule has 0 bridgehead atoms. The van der Waals surface area contributed by atoms with E-state index >= 15 is 0 Å². The van der Waals surface area contributed by atoms with Crippen LogP contribution < -0.4 is 0 Å². The van der Waals surface area contributed by atoms with Gasteiger partial charge in [0.1, 0.15) is 12.2 Å². The van der Waals surface area contributed by atoms with Crippen LogP contribution in [0, 0.1) is 11.3 Å². The number of esters is 1. The van der Waals surface area contributed by atoms with Crippen molar-refractivity contribution >= 4 is 5.97 Å². The molecule has 2 heterocycles. The van der Waals surface area contributed by atoms with Gasteiger partial charge in [-0.25, -0.2) is 0 Å². The van der Waals surface area contributed by atoms with E-state index in [1.165, 1.54) is 0 Å². The van der Waals surface area contributed by atoms with Crippen molar-refractivity contribution in [1.82, 2.24) is 0 Å². The van der Waals surface area contributed by atoms with Gasteiger partial charge in [0.25, 0.3) is 0 Å². The minimum absolute atomic E-state index is 0.133. The summed E-state index contributed by atoms with van der Waals surface area (Å²) < 4.78 is 16.9. The van der Waals surface area contributed by atoms with Gasteiger partial charge in [-0.05, 0) is 24.8 Å². The number of hydrogen-bond acceptors (Lipinski definition) is 6. The largest absolute Gasteiger partial charge is 0.462 e. The van der Waals surface area contributed by atoms with Crippen molar-refractivity contribution in [1.29, 1.82) is 0 Å². The normalized spacial score (nSPS) is 40.2. The summed E-state index contributed by atoms with van der Waals surface area (Å²) >= 11 is 0. The van der Waals surface area contributed by atoms with Gasteiger partial charge in [-0.1, -0.05) is 30.3 Å². The SMILES string of the molecule is O=C1C[C@@H]2[C@@H](CCC[C@]23[C@@H](COCc2ccccc2)OC(O)[C@@H]3O)O1. The number of rotatable bonds is 4. The summed E-state index contributed by atoms with van der Waals surface area (Å²) in [5.74, 6) is -0.361. The Hall–Kier alpha value is -1.47. The Labute approximate surface area is 146 Å². The predicted molar refractivity (Wildman–Crippen MR) is 87.3 cm³/mol. The second-order valence-electron chi connectivity index (χ2n) is 7.30. The summed E-state index contributed by atoms with van der Waals surface area (Å²) in [5, 5.41) is 20.8. The van der Waals surface area contributed by atoms with E-state index in [9.17, 15) is 15.0 Å². The first-order valence-electron chi connectivity index (χ1n) is 8.94. The third-order valence-electron chi connectivity index (χ3n) is 6.01. The molecule has 1 unspecified atom stereocenters. The maximum Gasteiger partial charge on any atom is 0.306 e. The molecule has 1 aliphatic carbocycles. The fraction of sp³-hybridized carbons (Fsp3) is 0.632. The molecule has 136 valence electrons. The fourth-order valence-corrected chi connectivity index (χ4v) is 4.85. The van der Waals surface area contributed by atoms with E-state index in [0.29, 0.717) is 13.0 Å². The number of fused-ring (bicyclic) bond motifs is 2. The van der Waals surface area contributed by atoms with E-state index in [4.69, 9.17) is 14.2 Å². The summed E-state index contributed by atoms with van der Waals surface area (Å²) in [4.78, 5) is 11.8. The molecule has 1 aromatic rings. The lowest BCUT2D eigenvalue weighted by Gasteiger charge is -2.45. The molecule has 1 spiro atoms. The molecule has 0 aromatic heterocycles. The van der Waals surface area contributed by atoms with Gasteiger partial charge in [-0.15, -0.1) is 0 Å². The molecule has 2 N–H and O–H groups in total. The highest BCUT2D eigenvalue weighted by Crippen LogP contribution is 2.56. The van der Waals surface area contributed by atoms with Gasteiger partial charge in [-0.3, -0.25) is 4.79 Å². The molecule has 6 nitrogen and oxygen atoms in total. The van der Waals surface area contributed by atoms with Crippen LogP contribution in [0.5, 0.6) is 0 Å². The van der Waals surface area contributed by atoms with Crippen LogP contribution in [0.1, 0.15) is 31.2 Å². The van der Waals surface area contributed by atoms with Crippen molar-refractivity contribution in [3.63, 3.8) is 0 Å². The number of aliphatic hydroxyl groups is 2. The van der Waals surface area contributed by atoms with Crippen LogP contribution in [-0.4, -0.2) is 47.4 Å². The lowest BCUT2D eigenvalue weighted by Crippen LogP contribution is -2.53. The van der Waals surface area contributed by atoms with Gasteiger partial charge >= 0.3 is 5.97 Å². The Balaban J connectivity index is 1.51. The first kappa shape index (κ1) is 17.0. The highest BCUT2D eigenvalue weighted by atomic mass is 16.6. The van der Waals surface area contributed by atoms with Crippen molar-refractivity contribution in [2.24, 2.45) is 11.3 Å². The molecule has 6 heteroatoms. The summed E-state index contributed by atoms with van der Waals surface area (Å²) in [6.07, 6.45) is -0.324.